The molecule has 0 radical (unpaired) electrons. The molecule has 0 spiro atoms. The fourth-order valence-corrected chi connectivity index (χ4v) is 0. The van der Waals surface area contributed by atoms with Crippen LogP contribution in [0.25, 0.3) is 0 Å². The summed E-state index contributed by atoms with van der Waals surface area (Å²) in [6.07, 6.45) is 0. The maximum Gasteiger partial charge on any atom is 0.394 e. The molecule has 0 rings (SSSR count). The molecule has 0 aliphatic rings. The Morgan fingerprint density at radius 1 is 0.529 bits per heavy atom. The Kier molecular flexibility index (Phi) is 16.0. The molecule has 0 saturated heterocycles. The second-order valence-corrected chi connectivity index (χ2v) is 4.03. The van der Waals surface area contributed by atoms with E-state index in [0.717, 1.165) is 0 Å². The van der Waals surface area contributed by atoms with E-state index < -0.39 is 31.2 Å². The van der Waals surface area contributed by atoms with E-state index in [-0.39, 0.29) is 0 Å². The molecule has 110 valence electrons. The molecule has 0 bridgehead atoms. The highest BCUT2D eigenvalue weighted by molar-refractivity contribution is 7.80. The van der Waals surface area contributed by atoms with Gasteiger partial charge in [-0.25, -0.2) is 0 Å². The minimum Gasteiger partial charge on any atom is -0.333 e. The number of rotatable bonds is 0. The summed E-state index contributed by atoms with van der Waals surface area (Å²) in [6, 6.07) is 0. The average molecular weight is 325 g/mol. The standard InChI is InChI=1S/CH5N.3H2O4S/c1-2;3*1-5(2,3)4/h2H2,1H3;3*(H2,1,2,3,4). The second kappa shape index (κ2) is 10.7. The van der Waals surface area contributed by atoms with Gasteiger partial charge in [0, 0.05) is 0 Å². The summed E-state index contributed by atoms with van der Waals surface area (Å²) in [6.45, 7) is 0. The minimum absolute atomic E-state index is 1.50. The molecule has 0 aromatic heterocycles. The molecule has 13 nitrogen and oxygen atoms in total. The lowest BCUT2D eigenvalue weighted by Crippen LogP contribution is -1.89. The van der Waals surface area contributed by atoms with Crippen molar-refractivity contribution in [3.63, 3.8) is 0 Å². The van der Waals surface area contributed by atoms with Crippen LogP contribution in [0.3, 0.4) is 0 Å². The van der Waals surface area contributed by atoms with Crippen LogP contribution >= 0.6 is 0 Å². The van der Waals surface area contributed by atoms with Gasteiger partial charge in [-0.1, -0.05) is 0 Å². The van der Waals surface area contributed by atoms with Crippen LogP contribution in [0.1, 0.15) is 0 Å². The molecule has 0 aliphatic carbocycles. The molecule has 0 unspecified atom stereocenters. The van der Waals surface area contributed by atoms with Crippen molar-refractivity contribution in [3.05, 3.63) is 0 Å². The van der Waals surface area contributed by atoms with Crippen molar-refractivity contribution in [2.45, 2.75) is 0 Å². The van der Waals surface area contributed by atoms with Gasteiger partial charge in [-0.05, 0) is 7.05 Å². The Balaban J connectivity index is -0.0000000693. The van der Waals surface area contributed by atoms with Gasteiger partial charge in [0.2, 0.25) is 0 Å². The summed E-state index contributed by atoms with van der Waals surface area (Å²) in [5, 5.41) is 0. The smallest absolute Gasteiger partial charge is 0.333 e. The molecular weight excluding hydrogens is 314 g/mol. The van der Waals surface area contributed by atoms with Crippen molar-refractivity contribution in [1.29, 1.82) is 0 Å². The van der Waals surface area contributed by atoms with Crippen LogP contribution in [0, 0.1) is 0 Å². The van der Waals surface area contributed by atoms with Gasteiger partial charge in [-0.2, -0.15) is 25.3 Å². The SMILES string of the molecule is CN.O=S(=O)(O)O.O=S(=O)(O)O.O=S(=O)(O)O. The lowest BCUT2D eigenvalue weighted by Gasteiger charge is -1.68. The highest BCUT2D eigenvalue weighted by atomic mass is 32.3. The van der Waals surface area contributed by atoms with Gasteiger partial charge in [-0.3, -0.25) is 27.3 Å². The number of hydrogen-bond donors (Lipinski definition) is 7. The molecule has 0 atom stereocenters. The quantitative estimate of drug-likeness (QED) is 0.230. The minimum atomic E-state index is -4.67. The summed E-state index contributed by atoms with van der Waals surface area (Å²) in [4.78, 5) is 0. The summed E-state index contributed by atoms with van der Waals surface area (Å²) >= 11 is 0. The fourth-order valence-electron chi connectivity index (χ4n) is 0. The maximum atomic E-state index is 8.74. The van der Waals surface area contributed by atoms with E-state index in [2.05, 4.69) is 5.73 Å². The van der Waals surface area contributed by atoms with Gasteiger partial charge in [0.05, 0.1) is 0 Å². The van der Waals surface area contributed by atoms with E-state index in [0.29, 0.717) is 0 Å². The third kappa shape index (κ3) is 15500. The largest absolute Gasteiger partial charge is 0.394 e. The number of hydrogen-bond acceptors (Lipinski definition) is 7. The maximum absolute atomic E-state index is 8.74. The van der Waals surface area contributed by atoms with Crippen molar-refractivity contribution < 1.29 is 52.6 Å². The van der Waals surface area contributed by atoms with Crippen molar-refractivity contribution in [3.8, 4) is 0 Å². The third-order valence-corrected chi connectivity index (χ3v) is 0. The zero-order valence-electron chi connectivity index (χ0n) is 7.93. The highest BCUT2D eigenvalue weighted by Crippen LogP contribution is 1.60. The van der Waals surface area contributed by atoms with Crippen LogP contribution in [0.2, 0.25) is 0 Å². The van der Waals surface area contributed by atoms with Crippen LogP contribution in [0.15, 0.2) is 0 Å². The predicted octanol–water partition coefficient (Wildman–Crippen LogP) is -2.38. The summed E-state index contributed by atoms with van der Waals surface area (Å²) in [7, 11) is -12.5. The van der Waals surface area contributed by atoms with Crippen LogP contribution in [0.4, 0.5) is 0 Å². The van der Waals surface area contributed by atoms with Gasteiger partial charge in [0.25, 0.3) is 0 Å². The van der Waals surface area contributed by atoms with Gasteiger partial charge >= 0.3 is 31.2 Å². The van der Waals surface area contributed by atoms with Gasteiger partial charge in [0.15, 0.2) is 0 Å². The van der Waals surface area contributed by atoms with E-state index in [9.17, 15) is 0 Å². The first-order valence-corrected chi connectivity index (χ1v) is 6.86. The Hall–Kier alpha value is -0.430. The molecule has 8 N–H and O–H groups in total. The topological polar surface area (TPSA) is 250 Å². The average Bonchev–Trinajstić information content (AvgIpc) is 1.77. The molecule has 0 heterocycles. The van der Waals surface area contributed by atoms with Crippen LogP contribution < -0.4 is 5.73 Å². The Morgan fingerprint density at radius 2 is 0.529 bits per heavy atom. The van der Waals surface area contributed by atoms with Crippen molar-refractivity contribution in [2.24, 2.45) is 5.73 Å². The molecule has 0 aliphatic heterocycles. The molecule has 0 amide bonds. The van der Waals surface area contributed by atoms with Crippen molar-refractivity contribution in [2.75, 3.05) is 7.05 Å². The third-order valence-electron chi connectivity index (χ3n) is 0. The van der Waals surface area contributed by atoms with Gasteiger partial charge < -0.3 is 5.73 Å². The second-order valence-electron chi connectivity index (χ2n) is 1.34. The lowest BCUT2D eigenvalue weighted by atomic mass is 11.6. The summed E-state index contributed by atoms with van der Waals surface area (Å²) in [5.41, 5.74) is 4.50. The lowest BCUT2D eigenvalue weighted by molar-refractivity contribution is 0.378. The van der Waals surface area contributed by atoms with Gasteiger partial charge in [-0.15, -0.1) is 0 Å². The normalized spacial score (nSPS) is 10.6. The van der Waals surface area contributed by atoms with Crippen LogP contribution in [-0.2, 0) is 31.2 Å². The molecule has 17 heavy (non-hydrogen) atoms. The Bertz CT molecular complexity index is 343. The molecule has 0 fully saturated rings. The van der Waals surface area contributed by atoms with Crippen LogP contribution in [0.5, 0.6) is 0 Å². The van der Waals surface area contributed by atoms with E-state index >= 15 is 0 Å². The van der Waals surface area contributed by atoms with E-state index in [1.807, 2.05) is 0 Å². The Labute approximate surface area is 97.0 Å². The van der Waals surface area contributed by atoms with Crippen LogP contribution in [-0.4, -0.2) is 59.6 Å². The molecule has 0 saturated carbocycles. The first kappa shape index (κ1) is 25.4. The van der Waals surface area contributed by atoms with Crippen molar-refractivity contribution >= 4 is 31.2 Å². The molecule has 0 aromatic carbocycles. The van der Waals surface area contributed by atoms with Gasteiger partial charge in [0.1, 0.15) is 0 Å². The zero-order valence-corrected chi connectivity index (χ0v) is 10.4. The van der Waals surface area contributed by atoms with Crippen molar-refractivity contribution in [1.82, 2.24) is 0 Å². The van der Waals surface area contributed by atoms with E-state index in [4.69, 9.17) is 52.6 Å². The first-order chi connectivity index (χ1) is 7.00. The first-order valence-electron chi connectivity index (χ1n) is 2.67. The summed E-state index contributed by atoms with van der Waals surface area (Å²) < 4.78 is 94.8. The fraction of sp³-hybridized carbons (Fsp3) is 1.00. The van der Waals surface area contributed by atoms with E-state index in [1.165, 1.54) is 7.05 Å². The zero-order chi connectivity index (χ0) is 15.5. The highest BCUT2D eigenvalue weighted by Gasteiger charge is 1.85. The van der Waals surface area contributed by atoms with E-state index in [1.54, 1.807) is 0 Å². The number of nitrogens with two attached hydrogens (primary N) is 1. The molecule has 0 aromatic rings. The monoisotopic (exact) mass is 325 g/mol. The summed E-state index contributed by atoms with van der Waals surface area (Å²) in [5.74, 6) is 0. The predicted molar refractivity (Wildman–Crippen MR) is 52.6 cm³/mol. The molecule has 16 heteroatoms. The molecular formula is CH11NO12S3. The Morgan fingerprint density at radius 3 is 0.529 bits per heavy atom.